The lowest BCUT2D eigenvalue weighted by Gasteiger charge is -2.37. The van der Waals surface area contributed by atoms with Gasteiger partial charge in [-0.15, -0.1) is 0 Å². The van der Waals surface area contributed by atoms with Crippen LogP contribution in [0.15, 0.2) is 39.7 Å². The normalized spacial score (nSPS) is 15.2. The Kier molecular flexibility index (Phi) is 8.17. The zero-order valence-electron chi connectivity index (χ0n) is 18.8. The fourth-order valence-electron chi connectivity index (χ4n) is 3.49. The third kappa shape index (κ3) is 7.04. The first kappa shape index (κ1) is 25.2. The van der Waals surface area contributed by atoms with E-state index in [4.69, 9.17) is 10.5 Å². The number of aromatic nitrogens is 2. The Balaban J connectivity index is 1.74. The molecule has 2 amide bonds. The van der Waals surface area contributed by atoms with Crippen molar-refractivity contribution in [3.05, 3.63) is 45.2 Å². The molecule has 33 heavy (non-hydrogen) atoms. The number of piperazine rings is 1. The largest absolute Gasteiger partial charge is 0.444 e. The summed E-state index contributed by atoms with van der Waals surface area (Å²) in [6.07, 6.45) is 2.87. The Morgan fingerprint density at radius 1 is 1.18 bits per heavy atom. The van der Waals surface area contributed by atoms with Crippen molar-refractivity contribution in [1.82, 2.24) is 20.2 Å². The molecule has 0 unspecified atom stereocenters. The number of carbonyl (C=O) groups excluding carboxylic acids is 2. The van der Waals surface area contributed by atoms with Crippen LogP contribution in [0.5, 0.6) is 0 Å². The van der Waals surface area contributed by atoms with Crippen LogP contribution in [-0.4, -0.2) is 64.7 Å². The zero-order chi connectivity index (χ0) is 24.2. The number of rotatable bonds is 5. The molecule has 1 aromatic carbocycles. The molecule has 0 spiro atoms. The number of alkyl carbamates (subject to hydrolysis) is 1. The summed E-state index contributed by atoms with van der Waals surface area (Å²) < 4.78 is 6.84. The Morgan fingerprint density at radius 3 is 2.36 bits per heavy atom. The van der Waals surface area contributed by atoms with Gasteiger partial charge in [0, 0.05) is 47.7 Å². The molecule has 1 aliphatic heterocycles. The van der Waals surface area contributed by atoms with Crippen molar-refractivity contribution in [2.75, 3.05) is 36.8 Å². The maximum Gasteiger partial charge on any atom is 0.408 e. The molecule has 178 valence electrons. The highest BCUT2D eigenvalue weighted by atomic mass is 79.9. The van der Waals surface area contributed by atoms with E-state index in [-0.39, 0.29) is 5.91 Å². The highest BCUT2D eigenvalue weighted by Crippen LogP contribution is 2.30. The first-order valence-electron chi connectivity index (χ1n) is 10.6. The number of carbonyl (C=O) groups is 2. The molecule has 11 heteroatoms. The number of nitrogens with zero attached hydrogens (tertiary/aromatic N) is 4. The summed E-state index contributed by atoms with van der Waals surface area (Å²) in [6, 6.07) is 4.77. The first-order valence-corrected chi connectivity index (χ1v) is 12.1. The fraction of sp³-hybridized carbons (Fsp3) is 0.455. The van der Waals surface area contributed by atoms with Gasteiger partial charge in [-0.3, -0.25) is 4.79 Å². The molecule has 9 nitrogen and oxygen atoms in total. The van der Waals surface area contributed by atoms with Gasteiger partial charge in [0.05, 0.1) is 5.69 Å². The molecule has 1 aliphatic rings. The highest BCUT2D eigenvalue weighted by molar-refractivity contribution is 9.11. The Morgan fingerprint density at radius 2 is 1.82 bits per heavy atom. The number of halogens is 2. The van der Waals surface area contributed by atoms with Gasteiger partial charge in [-0.25, -0.2) is 14.8 Å². The highest BCUT2D eigenvalue weighted by Gasteiger charge is 2.31. The molecule has 3 rings (SSSR count). The van der Waals surface area contributed by atoms with E-state index in [2.05, 4.69) is 52.0 Å². The molecule has 0 radical (unpaired) electrons. The summed E-state index contributed by atoms with van der Waals surface area (Å²) in [5, 5.41) is 2.77. The van der Waals surface area contributed by atoms with Gasteiger partial charge in [0.15, 0.2) is 0 Å². The van der Waals surface area contributed by atoms with Crippen LogP contribution in [0.4, 0.5) is 16.3 Å². The van der Waals surface area contributed by atoms with Crippen molar-refractivity contribution in [3.63, 3.8) is 0 Å². The van der Waals surface area contributed by atoms with Gasteiger partial charge < -0.3 is 25.6 Å². The Labute approximate surface area is 210 Å². The maximum atomic E-state index is 13.4. The summed E-state index contributed by atoms with van der Waals surface area (Å²) in [6.45, 7) is 7.66. The number of amides is 2. The van der Waals surface area contributed by atoms with Crippen LogP contribution in [0.3, 0.4) is 0 Å². The van der Waals surface area contributed by atoms with E-state index in [0.717, 1.165) is 11.4 Å². The van der Waals surface area contributed by atoms with Crippen LogP contribution < -0.4 is 16.0 Å². The predicted molar refractivity (Wildman–Crippen MR) is 134 cm³/mol. The second kappa shape index (κ2) is 10.7. The van der Waals surface area contributed by atoms with E-state index in [0.29, 0.717) is 47.2 Å². The number of nitrogens with one attached hydrogen (secondary N) is 1. The number of hydrogen-bond donors (Lipinski definition) is 2. The quantitative estimate of drug-likeness (QED) is 0.519. The molecular weight excluding hydrogens is 556 g/mol. The second-order valence-corrected chi connectivity index (χ2v) is 10.5. The lowest BCUT2D eigenvalue weighted by Crippen LogP contribution is -2.56. The standard InChI is InChI=1S/C22H28Br2N6O3/c1-22(2,3)33-21(32)28-17(12-14-10-15(23)19(25)16(24)11-14)20(31)30-8-6-29(7-9-30)18-4-5-26-13-27-18/h4-5,10-11,13,17H,6-9,12,25H2,1-3H3,(H,28,32)/t17-/m1/s1. The summed E-state index contributed by atoms with van der Waals surface area (Å²) in [5.74, 6) is 0.671. The third-order valence-electron chi connectivity index (χ3n) is 5.05. The lowest BCUT2D eigenvalue weighted by molar-refractivity contribution is -0.133. The number of nitrogen functional groups attached to an aromatic ring is 1. The topological polar surface area (TPSA) is 114 Å². The number of hydrogen-bond acceptors (Lipinski definition) is 7. The smallest absolute Gasteiger partial charge is 0.408 e. The Hall–Kier alpha value is -2.40. The minimum atomic E-state index is -0.784. The van der Waals surface area contributed by atoms with Gasteiger partial charge in [0.1, 0.15) is 23.8 Å². The maximum absolute atomic E-state index is 13.4. The molecule has 1 fully saturated rings. The van der Waals surface area contributed by atoms with Gasteiger partial charge in [-0.05, 0) is 76.4 Å². The van der Waals surface area contributed by atoms with Gasteiger partial charge in [-0.2, -0.15) is 0 Å². The van der Waals surface area contributed by atoms with Gasteiger partial charge >= 0.3 is 6.09 Å². The van der Waals surface area contributed by atoms with Crippen LogP contribution in [0.2, 0.25) is 0 Å². The molecule has 1 saturated heterocycles. The van der Waals surface area contributed by atoms with Gasteiger partial charge in [-0.1, -0.05) is 0 Å². The van der Waals surface area contributed by atoms with Crippen LogP contribution >= 0.6 is 31.9 Å². The summed E-state index contributed by atoms with van der Waals surface area (Å²) >= 11 is 6.88. The third-order valence-corrected chi connectivity index (χ3v) is 6.36. The number of benzene rings is 1. The molecule has 3 N–H and O–H groups in total. The summed E-state index contributed by atoms with van der Waals surface area (Å²) in [5.41, 5.74) is 6.74. The van der Waals surface area contributed by atoms with Gasteiger partial charge in [0.2, 0.25) is 5.91 Å². The van der Waals surface area contributed by atoms with Gasteiger partial charge in [0.25, 0.3) is 0 Å². The molecule has 2 heterocycles. The zero-order valence-corrected chi connectivity index (χ0v) is 22.0. The monoisotopic (exact) mass is 582 g/mol. The average molecular weight is 584 g/mol. The van der Waals surface area contributed by atoms with Crippen molar-refractivity contribution in [2.45, 2.75) is 38.8 Å². The van der Waals surface area contributed by atoms with E-state index in [1.165, 1.54) is 6.33 Å². The van der Waals surface area contributed by atoms with Crippen LogP contribution in [0.1, 0.15) is 26.3 Å². The van der Waals surface area contributed by atoms with E-state index in [1.807, 2.05) is 18.2 Å². The van der Waals surface area contributed by atoms with Crippen LogP contribution in [-0.2, 0) is 16.0 Å². The molecule has 0 bridgehead atoms. The SMILES string of the molecule is CC(C)(C)OC(=O)N[C@H](Cc1cc(Br)c(N)c(Br)c1)C(=O)N1CCN(c2ccncn2)CC1. The molecule has 1 atom stereocenters. The van der Waals surface area contributed by atoms with E-state index in [9.17, 15) is 9.59 Å². The van der Waals surface area contributed by atoms with Crippen molar-refractivity contribution in [2.24, 2.45) is 0 Å². The molecule has 0 saturated carbocycles. The minimum Gasteiger partial charge on any atom is -0.444 e. The molecule has 0 aliphatic carbocycles. The number of ether oxygens (including phenoxy) is 1. The number of anilines is 2. The van der Waals surface area contributed by atoms with E-state index in [1.54, 1.807) is 31.9 Å². The summed E-state index contributed by atoms with van der Waals surface area (Å²) in [4.78, 5) is 38.1. The molecule has 2 aromatic rings. The average Bonchev–Trinajstić information content (AvgIpc) is 2.76. The fourth-order valence-corrected chi connectivity index (χ4v) is 4.77. The van der Waals surface area contributed by atoms with E-state index < -0.39 is 17.7 Å². The van der Waals surface area contributed by atoms with Crippen molar-refractivity contribution in [3.8, 4) is 0 Å². The first-order chi connectivity index (χ1) is 15.5. The molecular formula is C22H28Br2N6O3. The van der Waals surface area contributed by atoms with Crippen LogP contribution in [0.25, 0.3) is 0 Å². The predicted octanol–water partition coefficient (Wildman–Crippen LogP) is 3.37. The van der Waals surface area contributed by atoms with E-state index >= 15 is 0 Å². The van der Waals surface area contributed by atoms with Crippen molar-refractivity contribution >= 4 is 55.4 Å². The van der Waals surface area contributed by atoms with Crippen molar-refractivity contribution < 1.29 is 14.3 Å². The molecule has 1 aromatic heterocycles. The summed E-state index contributed by atoms with van der Waals surface area (Å²) in [7, 11) is 0. The lowest BCUT2D eigenvalue weighted by atomic mass is 10.0. The van der Waals surface area contributed by atoms with Crippen LogP contribution in [0, 0.1) is 0 Å². The number of nitrogens with two attached hydrogens (primary N) is 1. The minimum absolute atomic E-state index is 0.160. The Bertz CT molecular complexity index is 968. The van der Waals surface area contributed by atoms with Crippen molar-refractivity contribution in [1.29, 1.82) is 0 Å². The second-order valence-electron chi connectivity index (χ2n) is 8.76.